The van der Waals surface area contributed by atoms with Gasteiger partial charge in [0.1, 0.15) is 5.60 Å². The van der Waals surface area contributed by atoms with Gasteiger partial charge in [-0.2, -0.15) is 0 Å². The molecule has 0 aliphatic heterocycles. The minimum atomic E-state index is -0.794. The summed E-state index contributed by atoms with van der Waals surface area (Å²) in [4.78, 5) is 21.8. The van der Waals surface area contributed by atoms with Crippen molar-refractivity contribution in [2.45, 2.75) is 45.3 Å². The van der Waals surface area contributed by atoms with Gasteiger partial charge in [-0.25, -0.2) is 4.79 Å². The van der Waals surface area contributed by atoms with Crippen LogP contribution in [-0.4, -0.2) is 28.8 Å². The molecule has 2 N–H and O–H groups in total. The molecule has 86 valence electrons. The quantitative estimate of drug-likeness (QED) is 0.729. The second kappa shape index (κ2) is 4.08. The van der Waals surface area contributed by atoms with E-state index in [1.807, 2.05) is 0 Å². The zero-order valence-corrected chi connectivity index (χ0v) is 9.24. The average molecular weight is 215 g/mol. The molecule has 15 heavy (non-hydrogen) atoms. The molecule has 0 aromatic heterocycles. The number of carbonyl (C=O) groups excluding carboxylic acids is 1. The van der Waals surface area contributed by atoms with Crippen LogP contribution in [0.5, 0.6) is 0 Å². The molecule has 1 aliphatic carbocycles. The summed E-state index contributed by atoms with van der Waals surface area (Å²) >= 11 is 0. The largest absolute Gasteiger partial charge is 0.481 e. The van der Waals surface area contributed by atoms with Gasteiger partial charge in [0.15, 0.2) is 0 Å². The topological polar surface area (TPSA) is 75.6 Å². The lowest BCUT2D eigenvalue weighted by molar-refractivity contribution is -0.145. The molecule has 0 saturated heterocycles. The summed E-state index contributed by atoms with van der Waals surface area (Å²) in [5, 5.41) is 11.3. The summed E-state index contributed by atoms with van der Waals surface area (Å²) in [7, 11) is 0. The number of ether oxygens (including phenoxy) is 1. The van der Waals surface area contributed by atoms with Crippen LogP contribution in [0.2, 0.25) is 0 Å². The highest BCUT2D eigenvalue weighted by atomic mass is 16.6. The molecule has 0 atom stereocenters. The number of nitrogens with one attached hydrogen (secondary N) is 1. The number of rotatable bonds is 2. The fraction of sp³-hybridized carbons (Fsp3) is 0.800. The van der Waals surface area contributed by atoms with Crippen LogP contribution in [0.25, 0.3) is 0 Å². The number of amides is 1. The van der Waals surface area contributed by atoms with Gasteiger partial charge in [0, 0.05) is 6.04 Å². The van der Waals surface area contributed by atoms with Crippen molar-refractivity contribution >= 4 is 12.1 Å². The van der Waals surface area contributed by atoms with Gasteiger partial charge in [-0.15, -0.1) is 0 Å². The van der Waals surface area contributed by atoms with Gasteiger partial charge in [0.05, 0.1) is 5.92 Å². The van der Waals surface area contributed by atoms with E-state index < -0.39 is 17.7 Å². The number of carboxylic acid groups (broad SMARTS) is 1. The van der Waals surface area contributed by atoms with E-state index in [0.717, 1.165) is 0 Å². The lowest BCUT2D eigenvalue weighted by atomic mass is 9.80. The van der Waals surface area contributed by atoms with Gasteiger partial charge in [-0.3, -0.25) is 4.79 Å². The van der Waals surface area contributed by atoms with Crippen LogP contribution < -0.4 is 5.32 Å². The minimum absolute atomic E-state index is 0.0547. The number of alkyl carbamates (subject to hydrolysis) is 1. The lowest BCUT2D eigenvalue weighted by Crippen LogP contribution is -2.48. The van der Waals surface area contributed by atoms with Crippen LogP contribution in [0.3, 0.4) is 0 Å². The maximum atomic E-state index is 11.3. The number of aliphatic carboxylic acids is 1. The molecule has 0 aromatic rings. The Labute approximate surface area is 88.8 Å². The highest BCUT2D eigenvalue weighted by molar-refractivity contribution is 5.73. The van der Waals surface area contributed by atoms with Gasteiger partial charge in [-0.05, 0) is 33.6 Å². The standard InChI is InChI=1S/C10H17NO4/c1-10(2,3)15-9(14)11-7-4-6(5-7)8(12)13/h6-7H,4-5H2,1-3H3,(H,11,14)(H,12,13). The van der Waals surface area contributed by atoms with Crippen molar-refractivity contribution in [1.29, 1.82) is 0 Å². The zero-order valence-electron chi connectivity index (χ0n) is 9.24. The summed E-state index contributed by atoms with van der Waals surface area (Å²) < 4.78 is 5.04. The van der Waals surface area contributed by atoms with Crippen molar-refractivity contribution in [2.75, 3.05) is 0 Å². The average Bonchev–Trinajstić information content (AvgIpc) is 1.91. The monoisotopic (exact) mass is 215 g/mol. The van der Waals surface area contributed by atoms with Crippen LogP contribution in [0.1, 0.15) is 33.6 Å². The number of carbonyl (C=O) groups is 2. The van der Waals surface area contributed by atoms with Gasteiger partial charge >= 0.3 is 12.1 Å². The molecule has 1 amide bonds. The first-order chi connectivity index (χ1) is 6.78. The fourth-order valence-electron chi connectivity index (χ4n) is 1.41. The van der Waals surface area contributed by atoms with E-state index >= 15 is 0 Å². The normalized spacial score (nSPS) is 25.3. The van der Waals surface area contributed by atoms with E-state index in [1.165, 1.54) is 0 Å². The molecule has 0 bridgehead atoms. The summed E-state index contributed by atoms with van der Waals surface area (Å²) in [6, 6.07) is -0.0547. The molecule has 1 saturated carbocycles. The molecule has 1 aliphatic rings. The Bertz CT molecular complexity index is 263. The third-order valence-electron chi connectivity index (χ3n) is 2.21. The van der Waals surface area contributed by atoms with Gasteiger partial charge < -0.3 is 15.2 Å². The third kappa shape index (κ3) is 3.77. The fourth-order valence-corrected chi connectivity index (χ4v) is 1.41. The molecule has 0 unspecified atom stereocenters. The Morgan fingerprint density at radius 2 is 1.87 bits per heavy atom. The highest BCUT2D eigenvalue weighted by Crippen LogP contribution is 2.27. The van der Waals surface area contributed by atoms with Gasteiger partial charge in [0.2, 0.25) is 0 Å². The molecule has 0 spiro atoms. The Balaban J connectivity index is 2.22. The molecule has 5 nitrogen and oxygen atoms in total. The second-order valence-corrected chi connectivity index (χ2v) is 4.85. The van der Waals surface area contributed by atoms with Crippen LogP contribution in [0.15, 0.2) is 0 Å². The molecular weight excluding hydrogens is 198 g/mol. The third-order valence-corrected chi connectivity index (χ3v) is 2.21. The summed E-state index contributed by atoms with van der Waals surface area (Å²) in [5.41, 5.74) is -0.514. The zero-order chi connectivity index (χ0) is 11.6. The van der Waals surface area contributed by atoms with Crippen molar-refractivity contribution in [3.8, 4) is 0 Å². The van der Waals surface area contributed by atoms with Crippen LogP contribution in [0, 0.1) is 5.92 Å². The van der Waals surface area contributed by atoms with E-state index in [0.29, 0.717) is 12.8 Å². The smallest absolute Gasteiger partial charge is 0.407 e. The summed E-state index contributed by atoms with van der Waals surface area (Å²) in [6.45, 7) is 5.36. The van der Waals surface area contributed by atoms with Gasteiger partial charge in [0.25, 0.3) is 0 Å². The van der Waals surface area contributed by atoms with Crippen molar-refractivity contribution in [3.05, 3.63) is 0 Å². The first-order valence-corrected chi connectivity index (χ1v) is 5.00. The Kier molecular flexibility index (Phi) is 3.21. The maximum absolute atomic E-state index is 11.3. The molecule has 1 rings (SSSR count). The molecule has 5 heteroatoms. The van der Waals surface area contributed by atoms with Crippen molar-refractivity contribution in [1.82, 2.24) is 5.32 Å². The van der Waals surface area contributed by atoms with Crippen LogP contribution in [-0.2, 0) is 9.53 Å². The first kappa shape index (κ1) is 11.8. The van der Waals surface area contributed by atoms with E-state index in [9.17, 15) is 9.59 Å². The number of carboxylic acids is 1. The maximum Gasteiger partial charge on any atom is 0.407 e. The predicted molar refractivity (Wildman–Crippen MR) is 53.5 cm³/mol. The van der Waals surface area contributed by atoms with Crippen LogP contribution >= 0.6 is 0 Å². The first-order valence-electron chi connectivity index (χ1n) is 5.00. The SMILES string of the molecule is CC(C)(C)OC(=O)NC1CC(C(=O)O)C1. The van der Waals surface area contributed by atoms with E-state index in [4.69, 9.17) is 9.84 Å². The molecule has 0 aromatic carbocycles. The highest BCUT2D eigenvalue weighted by Gasteiger charge is 2.35. The van der Waals surface area contributed by atoms with Crippen molar-refractivity contribution in [3.63, 3.8) is 0 Å². The van der Waals surface area contributed by atoms with Crippen LogP contribution in [0.4, 0.5) is 4.79 Å². The predicted octanol–water partition coefficient (Wildman–Crippen LogP) is 1.37. The molecule has 1 fully saturated rings. The Hall–Kier alpha value is -1.26. The molecule has 0 heterocycles. The molecular formula is C10H17NO4. The second-order valence-electron chi connectivity index (χ2n) is 4.85. The van der Waals surface area contributed by atoms with E-state index in [1.54, 1.807) is 20.8 Å². The number of hydrogen-bond acceptors (Lipinski definition) is 3. The lowest BCUT2D eigenvalue weighted by Gasteiger charge is -2.33. The van der Waals surface area contributed by atoms with E-state index in [2.05, 4.69) is 5.32 Å². The number of hydrogen-bond donors (Lipinski definition) is 2. The van der Waals surface area contributed by atoms with Crippen molar-refractivity contribution in [2.24, 2.45) is 5.92 Å². The minimum Gasteiger partial charge on any atom is -0.481 e. The Morgan fingerprint density at radius 3 is 2.27 bits per heavy atom. The van der Waals surface area contributed by atoms with E-state index in [-0.39, 0.29) is 12.0 Å². The Morgan fingerprint density at radius 1 is 1.33 bits per heavy atom. The van der Waals surface area contributed by atoms with Gasteiger partial charge in [-0.1, -0.05) is 0 Å². The summed E-state index contributed by atoms with van der Waals surface area (Å²) in [5.74, 6) is -1.11. The van der Waals surface area contributed by atoms with Crippen molar-refractivity contribution < 1.29 is 19.4 Å². The summed E-state index contributed by atoms with van der Waals surface area (Å²) in [6.07, 6.45) is 0.514. The molecule has 0 radical (unpaired) electrons.